The quantitative estimate of drug-likeness (QED) is 0.437. The lowest BCUT2D eigenvalue weighted by Gasteiger charge is -2.26. The van der Waals surface area contributed by atoms with Crippen molar-refractivity contribution in [1.82, 2.24) is 15.1 Å². The van der Waals surface area contributed by atoms with Crippen molar-refractivity contribution in [1.29, 1.82) is 0 Å². The van der Waals surface area contributed by atoms with Crippen LogP contribution in [0.25, 0.3) is 11.5 Å². The van der Waals surface area contributed by atoms with Crippen LogP contribution in [0.1, 0.15) is 19.4 Å². The number of aromatic nitrogens is 2. The first-order chi connectivity index (χ1) is 14.5. The second kappa shape index (κ2) is 8.68. The highest BCUT2D eigenvalue weighted by Crippen LogP contribution is 2.29. The van der Waals surface area contributed by atoms with E-state index in [4.69, 9.17) is 16.0 Å². The molecule has 0 aliphatic rings. The number of non-ortho nitro benzene ring substituents is 1. The number of rotatable bonds is 7. The van der Waals surface area contributed by atoms with Gasteiger partial charge in [0.15, 0.2) is 0 Å². The van der Waals surface area contributed by atoms with Crippen LogP contribution < -0.4 is 11.1 Å². The van der Waals surface area contributed by atoms with Crippen molar-refractivity contribution in [2.45, 2.75) is 32.4 Å². The second-order valence-corrected chi connectivity index (χ2v) is 7.89. The Kier molecular flexibility index (Phi) is 6.21. The van der Waals surface area contributed by atoms with Gasteiger partial charge in [0.05, 0.1) is 15.5 Å². The zero-order chi connectivity index (χ0) is 22.8. The van der Waals surface area contributed by atoms with Gasteiger partial charge in [-0.15, -0.1) is 5.10 Å². The summed E-state index contributed by atoms with van der Waals surface area (Å²) in [6.07, 6.45) is 0.441. The van der Waals surface area contributed by atoms with E-state index in [-0.39, 0.29) is 28.0 Å². The Bertz CT molecular complexity index is 1190. The highest BCUT2D eigenvalue weighted by Gasteiger charge is 2.23. The van der Waals surface area contributed by atoms with Gasteiger partial charge in [-0.2, -0.15) is 4.68 Å². The summed E-state index contributed by atoms with van der Waals surface area (Å²) in [5.41, 5.74) is 0.117. The Hall–Kier alpha value is -3.53. The molecule has 162 valence electrons. The summed E-state index contributed by atoms with van der Waals surface area (Å²) >= 11 is 6.03. The van der Waals surface area contributed by atoms with Gasteiger partial charge in [-0.05, 0) is 44.0 Å². The molecule has 1 heterocycles. The van der Waals surface area contributed by atoms with E-state index in [0.29, 0.717) is 6.42 Å². The fourth-order valence-electron chi connectivity index (χ4n) is 3.02. The lowest BCUT2D eigenvalue weighted by atomic mass is 9.95. The number of hydrogen-bond donors (Lipinski definition) is 1. The molecule has 0 fully saturated rings. The SMILES string of the molecule is CC(C)(Cc1ccc(F)cc1)NC(=O)Cn1nc(-c2ccc([N+](=O)[O-])cc2Cl)oc1=O. The molecule has 3 rings (SSSR count). The molecule has 0 bridgehead atoms. The van der Waals surface area contributed by atoms with Crippen molar-refractivity contribution in [2.24, 2.45) is 0 Å². The third kappa shape index (κ3) is 5.54. The van der Waals surface area contributed by atoms with Gasteiger partial charge < -0.3 is 9.73 Å². The molecule has 1 amide bonds. The van der Waals surface area contributed by atoms with Crippen molar-refractivity contribution < 1.29 is 18.5 Å². The van der Waals surface area contributed by atoms with Crippen LogP contribution in [0.2, 0.25) is 5.02 Å². The van der Waals surface area contributed by atoms with Crippen molar-refractivity contribution in [3.05, 3.63) is 79.5 Å². The summed E-state index contributed by atoms with van der Waals surface area (Å²) < 4.78 is 18.9. The number of carbonyl (C=O) groups excluding carboxylic acids is 1. The first-order valence-corrected chi connectivity index (χ1v) is 9.49. The molecule has 9 nitrogen and oxygen atoms in total. The van der Waals surface area contributed by atoms with Crippen LogP contribution in [0.4, 0.5) is 10.1 Å². The molecule has 0 spiro atoms. The number of nitrogens with one attached hydrogen (secondary N) is 1. The van der Waals surface area contributed by atoms with Crippen LogP contribution >= 0.6 is 11.6 Å². The standard InChI is InChI=1S/C20H18ClFN4O5/c1-20(2,10-12-3-5-13(22)6-4-12)23-17(27)11-25-19(28)31-18(24-25)15-8-7-14(26(29)30)9-16(15)21/h3-9H,10-11H2,1-2H3,(H,23,27). The molecule has 0 aliphatic carbocycles. The molecule has 0 atom stereocenters. The van der Waals surface area contributed by atoms with Crippen LogP contribution in [0.5, 0.6) is 0 Å². The molecule has 0 radical (unpaired) electrons. The number of halogens is 2. The Balaban J connectivity index is 1.71. The zero-order valence-electron chi connectivity index (χ0n) is 16.6. The number of amides is 1. The summed E-state index contributed by atoms with van der Waals surface area (Å²) in [6, 6.07) is 9.56. The largest absolute Gasteiger partial charge is 0.437 e. The van der Waals surface area contributed by atoms with E-state index in [1.54, 1.807) is 26.0 Å². The van der Waals surface area contributed by atoms with Crippen LogP contribution in [0.15, 0.2) is 51.7 Å². The summed E-state index contributed by atoms with van der Waals surface area (Å²) in [5, 5.41) is 17.6. The number of nitro groups is 1. The van der Waals surface area contributed by atoms with Crippen molar-refractivity contribution in [3.63, 3.8) is 0 Å². The number of benzene rings is 2. The molecule has 31 heavy (non-hydrogen) atoms. The molecule has 0 saturated heterocycles. The third-order valence-corrected chi connectivity index (χ3v) is 4.64. The predicted molar refractivity (Wildman–Crippen MR) is 110 cm³/mol. The lowest BCUT2D eigenvalue weighted by molar-refractivity contribution is -0.384. The summed E-state index contributed by atoms with van der Waals surface area (Å²) in [5.74, 6) is -1.87. The topological polar surface area (TPSA) is 120 Å². The fourth-order valence-corrected chi connectivity index (χ4v) is 3.27. The van der Waals surface area contributed by atoms with Crippen LogP contribution in [0.3, 0.4) is 0 Å². The molecule has 0 unspecified atom stereocenters. The van der Waals surface area contributed by atoms with E-state index < -0.39 is 28.7 Å². The summed E-state index contributed by atoms with van der Waals surface area (Å²) in [6.45, 7) is 3.18. The first-order valence-electron chi connectivity index (χ1n) is 9.12. The van der Waals surface area contributed by atoms with Gasteiger partial charge in [0, 0.05) is 17.7 Å². The minimum atomic E-state index is -0.879. The van der Waals surface area contributed by atoms with Gasteiger partial charge in [-0.1, -0.05) is 23.7 Å². The number of hydrogen-bond acceptors (Lipinski definition) is 6. The van der Waals surface area contributed by atoms with Gasteiger partial charge in [-0.25, -0.2) is 9.18 Å². The van der Waals surface area contributed by atoms with Gasteiger partial charge in [0.25, 0.3) is 11.6 Å². The highest BCUT2D eigenvalue weighted by molar-refractivity contribution is 6.33. The molecule has 0 aliphatic heterocycles. The summed E-state index contributed by atoms with van der Waals surface area (Å²) in [7, 11) is 0. The number of carbonyl (C=O) groups is 1. The second-order valence-electron chi connectivity index (χ2n) is 7.49. The van der Waals surface area contributed by atoms with Crippen LogP contribution in [0, 0.1) is 15.9 Å². The van der Waals surface area contributed by atoms with Crippen molar-refractivity contribution >= 4 is 23.2 Å². The Morgan fingerprint density at radius 3 is 2.58 bits per heavy atom. The van der Waals surface area contributed by atoms with Crippen molar-refractivity contribution in [3.8, 4) is 11.5 Å². The molecule has 11 heteroatoms. The zero-order valence-corrected chi connectivity index (χ0v) is 17.4. The molecule has 1 aromatic heterocycles. The molecular weight excluding hydrogens is 431 g/mol. The minimum absolute atomic E-state index is 0.0208. The van der Waals surface area contributed by atoms with E-state index in [9.17, 15) is 24.1 Å². The highest BCUT2D eigenvalue weighted by atomic mass is 35.5. The van der Waals surface area contributed by atoms with E-state index in [2.05, 4.69) is 10.4 Å². The molecular formula is C20H18ClFN4O5. The first kappa shape index (κ1) is 22.2. The third-order valence-electron chi connectivity index (χ3n) is 4.33. The van der Waals surface area contributed by atoms with E-state index >= 15 is 0 Å². The van der Waals surface area contributed by atoms with Crippen LogP contribution in [-0.2, 0) is 17.8 Å². The maximum atomic E-state index is 13.1. The normalized spacial score (nSPS) is 11.4. The van der Waals surface area contributed by atoms with Gasteiger partial charge in [0.1, 0.15) is 12.4 Å². The number of nitrogens with zero attached hydrogens (tertiary/aromatic N) is 3. The Morgan fingerprint density at radius 2 is 1.97 bits per heavy atom. The van der Waals surface area contributed by atoms with Crippen LogP contribution in [-0.4, -0.2) is 26.1 Å². The Morgan fingerprint density at radius 1 is 1.29 bits per heavy atom. The number of nitro benzene ring substituents is 1. The maximum absolute atomic E-state index is 13.1. The van der Waals surface area contributed by atoms with E-state index in [1.165, 1.54) is 24.3 Å². The molecule has 0 saturated carbocycles. The average molecular weight is 449 g/mol. The smallest absolute Gasteiger partial charge is 0.388 e. The van der Waals surface area contributed by atoms with Gasteiger partial charge in [-0.3, -0.25) is 14.9 Å². The maximum Gasteiger partial charge on any atom is 0.437 e. The fraction of sp³-hybridized carbons (Fsp3) is 0.250. The van der Waals surface area contributed by atoms with Crippen molar-refractivity contribution in [2.75, 3.05) is 0 Å². The average Bonchev–Trinajstić information content (AvgIpc) is 3.02. The van der Waals surface area contributed by atoms with Gasteiger partial charge in [0.2, 0.25) is 5.91 Å². The molecule has 1 N–H and O–H groups in total. The summed E-state index contributed by atoms with van der Waals surface area (Å²) in [4.78, 5) is 34.7. The predicted octanol–water partition coefficient (Wildman–Crippen LogP) is 3.34. The minimum Gasteiger partial charge on any atom is -0.388 e. The monoisotopic (exact) mass is 448 g/mol. The van der Waals surface area contributed by atoms with E-state index in [0.717, 1.165) is 16.3 Å². The molecule has 2 aromatic carbocycles. The lowest BCUT2D eigenvalue weighted by Crippen LogP contribution is -2.47. The van der Waals surface area contributed by atoms with Gasteiger partial charge >= 0.3 is 5.76 Å². The Labute approximate surface area is 180 Å². The van der Waals surface area contributed by atoms with E-state index in [1.807, 2.05) is 0 Å². The molecule has 3 aromatic rings.